The van der Waals surface area contributed by atoms with Gasteiger partial charge in [-0.15, -0.1) is 0 Å². The Morgan fingerprint density at radius 3 is 1.96 bits per heavy atom. The Balaban J connectivity index is 0.000000260. The van der Waals surface area contributed by atoms with E-state index in [1.807, 2.05) is 25.1 Å². The SMILES string of the molecule is CO/N=C(\C)c1ccc(Br)c(Br)c1.CO/N=C(\C)c1ccc(F)cc1Br. The number of benzene rings is 2. The van der Waals surface area contributed by atoms with Crippen LogP contribution in [-0.4, -0.2) is 25.6 Å². The minimum atomic E-state index is -0.277. The van der Waals surface area contributed by atoms with Crippen LogP contribution in [0, 0.1) is 5.82 Å². The van der Waals surface area contributed by atoms with Crippen LogP contribution in [0.15, 0.2) is 60.1 Å². The van der Waals surface area contributed by atoms with Gasteiger partial charge in [-0.25, -0.2) is 4.39 Å². The van der Waals surface area contributed by atoms with E-state index in [1.165, 1.54) is 26.4 Å². The quantitative estimate of drug-likeness (QED) is 0.319. The van der Waals surface area contributed by atoms with Crippen LogP contribution in [0.5, 0.6) is 0 Å². The van der Waals surface area contributed by atoms with Gasteiger partial charge >= 0.3 is 0 Å². The largest absolute Gasteiger partial charge is 0.399 e. The van der Waals surface area contributed by atoms with Gasteiger partial charge in [-0.2, -0.15) is 0 Å². The first kappa shape index (κ1) is 22.8. The van der Waals surface area contributed by atoms with E-state index < -0.39 is 0 Å². The molecule has 8 heteroatoms. The van der Waals surface area contributed by atoms with Crippen LogP contribution in [0.2, 0.25) is 0 Å². The molecule has 0 fully saturated rings. The summed E-state index contributed by atoms with van der Waals surface area (Å²) in [5.74, 6) is -0.277. The molecular weight excluding hydrogens is 535 g/mol. The summed E-state index contributed by atoms with van der Waals surface area (Å²) in [4.78, 5) is 9.31. The highest BCUT2D eigenvalue weighted by molar-refractivity contribution is 9.13. The van der Waals surface area contributed by atoms with Gasteiger partial charge in [-0.05, 0) is 76.0 Å². The summed E-state index contributed by atoms with van der Waals surface area (Å²) < 4.78 is 15.4. The van der Waals surface area contributed by atoms with E-state index in [9.17, 15) is 4.39 Å². The highest BCUT2D eigenvalue weighted by Crippen LogP contribution is 2.24. The monoisotopic (exact) mass is 550 g/mol. The Kier molecular flexibility index (Phi) is 10.0. The fourth-order valence-electron chi connectivity index (χ4n) is 1.88. The molecule has 0 aliphatic carbocycles. The first-order valence-corrected chi connectivity index (χ1v) is 9.74. The third kappa shape index (κ3) is 7.17. The van der Waals surface area contributed by atoms with E-state index >= 15 is 0 Å². The maximum atomic E-state index is 12.7. The molecule has 0 bridgehead atoms. The van der Waals surface area contributed by atoms with Gasteiger partial charge in [-0.1, -0.05) is 32.3 Å². The molecule has 0 saturated heterocycles. The second kappa shape index (κ2) is 11.5. The predicted molar refractivity (Wildman–Crippen MR) is 114 cm³/mol. The van der Waals surface area contributed by atoms with Crippen molar-refractivity contribution >= 4 is 59.2 Å². The number of hydrogen-bond donors (Lipinski definition) is 0. The molecule has 0 N–H and O–H groups in total. The molecule has 0 aliphatic rings. The fourth-order valence-corrected chi connectivity index (χ4v) is 3.14. The third-order valence-electron chi connectivity index (χ3n) is 3.11. The van der Waals surface area contributed by atoms with Crippen LogP contribution in [0.4, 0.5) is 4.39 Å². The van der Waals surface area contributed by atoms with Crippen molar-refractivity contribution in [3.63, 3.8) is 0 Å². The fraction of sp³-hybridized carbons (Fsp3) is 0.222. The second-order valence-corrected chi connectivity index (χ2v) is 7.53. The van der Waals surface area contributed by atoms with E-state index in [4.69, 9.17) is 0 Å². The Hall–Kier alpha value is -1.25. The molecule has 0 spiro atoms. The van der Waals surface area contributed by atoms with E-state index in [1.54, 1.807) is 13.0 Å². The van der Waals surface area contributed by atoms with Gasteiger partial charge in [0.2, 0.25) is 0 Å². The van der Waals surface area contributed by atoms with E-state index in [0.29, 0.717) is 10.2 Å². The lowest BCUT2D eigenvalue weighted by Gasteiger charge is -2.02. The summed E-state index contributed by atoms with van der Waals surface area (Å²) in [6.07, 6.45) is 0. The molecule has 140 valence electrons. The van der Waals surface area contributed by atoms with Crippen molar-refractivity contribution in [2.75, 3.05) is 14.2 Å². The zero-order chi connectivity index (χ0) is 19.7. The van der Waals surface area contributed by atoms with Crippen LogP contribution in [-0.2, 0) is 9.68 Å². The molecule has 0 heterocycles. The van der Waals surface area contributed by atoms with Gasteiger partial charge in [0.05, 0.1) is 11.4 Å². The molecule has 2 rings (SSSR count). The molecule has 0 radical (unpaired) electrons. The van der Waals surface area contributed by atoms with Crippen molar-refractivity contribution in [1.29, 1.82) is 0 Å². The molecule has 0 aromatic heterocycles. The van der Waals surface area contributed by atoms with Crippen LogP contribution in [0.25, 0.3) is 0 Å². The van der Waals surface area contributed by atoms with Gasteiger partial charge in [-0.3, -0.25) is 0 Å². The smallest absolute Gasteiger partial charge is 0.124 e. The standard InChI is InChI=1S/C9H9Br2NO.C9H9BrFNO/c1-6(12-13-2)7-3-4-8(10)9(11)5-7;1-6(12-13-2)8-4-3-7(11)5-9(8)10/h2*3-5H,1-2H3/b2*12-6+. The van der Waals surface area contributed by atoms with Crippen molar-refractivity contribution < 1.29 is 14.1 Å². The molecule has 0 unspecified atom stereocenters. The zero-order valence-corrected chi connectivity index (χ0v) is 19.4. The predicted octanol–water partition coefficient (Wildman–Crippen LogP) is 6.54. The van der Waals surface area contributed by atoms with Crippen LogP contribution < -0.4 is 0 Å². The highest BCUT2D eigenvalue weighted by Gasteiger charge is 2.04. The van der Waals surface area contributed by atoms with Gasteiger partial charge in [0, 0.05) is 24.5 Å². The minimum Gasteiger partial charge on any atom is -0.399 e. The number of rotatable bonds is 4. The Bertz CT molecular complexity index is 811. The first-order chi connectivity index (χ1) is 12.3. The van der Waals surface area contributed by atoms with Crippen molar-refractivity contribution in [3.05, 3.63) is 66.8 Å². The van der Waals surface area contributed by atoms with E-state index in [2.05, 4.69) is 67.8 Å². The highest BCUT2D eigenvalue weighted by atomic mass is 79.9. The molecule has 2 aromatic carbocycles. The van der Waals surface area contributed by atoms with Crippen LogP contribution in [0.1, 0.15) is 25.0 Å². The molecule has 26 heavy (non-hydrogen) atoms. The lowest BCUT2D eigenvalue weighted by atomic mass is 10.1. The molecular formula is C18H18Br3FN2O2. The van der Waals surface area contributed by atoms with Crippen molar-refractivity contribution in [2.24, 2.45) is 10.3 Å². The summed E-state index contributed by atoms with van der Waals surface area (Å²) in [5, 5.41) is 7.60. The molecule has 2 aromatic rings. The summed E-state index contributed by atoms with van der Waals surface area (Å²) in [5.41, 5.74) is 3.42. The maximum Gasteiger partial charge on any atom is 0.124 e. The Morgan fingerprint density at radius 1 is 0.808 bits per heavy atom. The molecule has 0 amide bonds. The summed E-state index contributed by atoms with van der Waals surface area (Å²) in [6, 6.07) is 10.4. The average molecular weight is 553 g/mol. The van der Waals surface area contributed by atoms with Crippen LogP contribution >= 0.6 is 47.8 Å². The Labute approximate surface area is 177 Å². The normalized spacial score (nSPS) is 11.5. The lowest BCUT2D eigenvalue weighted by molar-refractivity contribution is 0.213. The molecule has 0 saturated carbocycles. The lowest BCUT2D eigenvalue weighted by Crippen LogP contribution is -1.97. The number of hydrogen-bond acceptors (Lipinski definition) is 4. The topological polar surface area (TPSA) is 43.2 Å². The zero-order valence-electron chi connectivity index (χ0n) is 14.7. The first-order valence-electron chi connectivity index (χ1n) is 7.36. The summed E-state index contributed by atoms with van der Waals surface area (Å²) >= 11 is 10.1. The van der Waals surface area contributed by atoms with Gasteiger partial charge in [0.25, 0.3) is 0 Å². The molecule has 0 atom stereocenters. The minimum absolute atomic E-state index is 0.277. The van der Waals surface area contributed by atoms with Gasteiger partial charge in [0.15, 0.2) is 0 Å². The van der Waals surface area contributed by atoms with Crippen molar-refractivity contribution in [2.45, 2.75) is 13.8 Å². The third-order valence-corrected chi connectivity index (χ3v) is 5.65. The number of halogens is 4. The Morgan fingerprint density at radius 2 is 1.42 bits per heavy atom. The molecule has 0 aliphatic heterocycles. The van der Waals surface area contributed by atoms with Gasteiger partial charge < -0.3 is 9.68 Å². The summed E-state index contributed by atoms with van der Waals surface area (Å²) in [7, 11) is 3.01. The van der Waals surface area contributed by atoms with Crippen molar-refractivity contribution in [3.8, 4) is 0 Å². The van der Waals surface area contributed by atoms with E-state index in [-0.39, 0.29) is 5.82 Å². The number of oxime groups is 2. The number of nitrogens with zero attached hydrogens (tertiary/aromatic N) is 2. The average Bonchev–Trinajstić information content (AvgIpc) is 2.58. The summed E-state index contributed by atoms with van der Waals surface area (Å²) in [6.45, 7) is 3.70. The second-order valence-electron chi connectivity index (χ2n) is 4.97. The van der Waals surface area contributed by atoms with E-state index in [0.717, 1.165) is 25.8 Å². The molecule has 4 nitrogen and oxygen atoms in total. The maximum absolute atomic E-state index is 12.7. The van der Waals surface area contributed by atoms with Crippen molar-refractivity contribution in [1.82, 2.24) is 0 Å². The van der Waals surface area contributed by atoms with Gasteiger partial charge in [0.1, 0.15) is 20.0 Å². The van der Waals surface area contributed by atoms with Crippen LogP contribution in [0.3, 0.4) is 0 Å².